The van der Waals surface area contributed by atoms with E-state index >= 15 is 0 Å². The summed E-state index contributed by atoms with van der Waals surface area (Å²) in [7, 11) is -4.27. The van der Waals surface area contributed by atoms with Crippen LogP contribution in [0.15, 0.2) is 60.7 Å². The number of halogens is 1. The number of hydrogen-bond donors (Lipinski definition) is 1. The monoisotopic (exact) mass is 396 g/mol. The molecule has 5 heteroatoms. The Bertz CT molecular complexity index is 1150. The topological polar surface area (TPSA) is 54.4 Å². The van der Waals surface area contributed by atoms with Crippen molar-refractivity contribution in [1.29, 1.82) is 0 Å². The van der Waals surface area contributed by atoms with E-state index in [0.717, 1.165) is 11.1 Å². The number of rotatable bonds is 2. The molecule has 0 aromatic heterocycles. The molecule has 3 aromatic carbocycles. The van der Waals surface area contributed by atoms with Crippen LogP contribution in [0, 0.1) is 0 Å². The van der Waals surface area contributed by atoms with Gasteiger partial charge in [-0.2, -0.15) is 8.42 Å². The first-order valence-corrected chi connectivity index (χ1v) is 10.7. The quantitative estimate of drug-likeness (QED) is 0.413. The molecule has 0 radical (unpaired) electrons. The van der Waals surface area contributed by atoms with Crippen LogP contribution in [0.3, 0.4) is 0 Å². The van der Waals surface area contributed by atoms with E-state index in [-0.39, 0.29) is 11.8 Å². The third-order valence-electron chi connectivity index (χ3n) is 5.96. The lowest BCUT2D eigenvalue weighted by Gasteiger charge is -2.43. The number of hydrogen-bond acceptors (Lipinski definition) is 2. The molecule has 0 spiro atoms. The summed E-state index contributed by atoms with van der Waals surface area (Å²) in [5, 5.41) is -0.708. The molecule has 0 heterocycles. The normalized spacial score (nSPS) is 20.6. The van der Waals surface area contributed by atoms with E-state index in [1.807, 2.05) is 30.3 Å². The summed E-state index contributed by atoms with van der Waals surface area (Å²) in [6, 6.07) is 20.4. The minimum Gasteiger partial charge on any atom is -0.285 e. The highest BCUT2D eigenvalue weighted by Gasteiger charge is 2.44. The summed E-state index contributed by atoms with van der Waals surface area (Å²) in [6.07, 6.45) is 0. The fourth-order valence-electron chi connectivity index (χ4n) is 4.82. The second-order valence-electron chi connectivity index (χ2n) is 7.25. The lowest BCUT2D eigenvalue weighted by molar-refractivity contribution is 0.471. The first-order valence-electron chi connectivity index (χ1n) is 8.85. The van der Waals surface area contributed by atoms with Gasteiger partial charge in [0.1, 0.15) is 5.25 Å². The summed E-state index contributed by atoms with van der Waals surface area (Å²) in [5.74, 6) is -0.0442. The smallest absolute Gasteiger partial charge is 0.271 e. The van der Waals surface area contributed by atoms with Gasteiger partial charge in [-0.15, -0.1) is 0 Å². The van der Waals surface area contributed by atoms with Crippen LogP contribution in [0.5, 0.6) is 0 Å². The molecular weight excluding hydrogens is 380 g/mol. The summed E-state index contributed by atoms with van der Waals surface area (Å²) < 4.78 is 33.7. The van der Waals surface area contributed by atoms with Crippen molar-refractivity contribution in [2.45, 2.75) is 24.0 Å². The van der Waals surface area contributed by atoms with Gasteiger partial charge in [-0.25, -0.2) is 0 Å². The molecule has 0 fully saturated rings. The van der Waals surface area contributed by atoms with E-state index in [1.54, 1.807) is 6.07 Å². The van der Waals surface area contributed by atoms with E-state index in [9.17, 15) is 13.0 Å². The largest absolute Gasteiger partial charge is 0.285 e. The predicted molar refractivity (Wildman–Crippen MR) is 106 cm³/mol. The maximum Gasteiger partial charge on any atom is 0.271 e. The lowest BCUT2D eigenvalue weighted by atomic mass is 9.60. The molecule has 1 N–H and O–H groups in total. The Morgan fingerprint density at radius 1 is 0.815 bits per heavy atom. The fourth-order valence-corrected chi connectivity index (χ4v) is 5.76. The van der Waals surface area contributed by atoms with Gasteiger partial charge < -0.3 is 0 Å². The maximum absolute atomic E-state index is 12.0. The van der Waals surface area contributed by atoms with Crippen LogP contribution >= 0.6 is 11.6 Å². The van der Waals surface area contributed by atoms with Crippen molar-refractivity contribution in [2.75, 3.05) is 0 Å². The van der Waals surface area contributed by atoms with Crippen LogP contribution in [-0.2, 0) is 10.1 Å². The van der Waals surface area contributed by atoms with Crippen LogP contribution in [0.2, 0.25) is 5.02 Å². The first-order chi connectivity index (χ1) is 12.9. The molecule has 3 aliphatic carbocycles. The van der Waals surface area contributed by atoms with Crippen molar-refractivity contribution in [1.82, 2.24) is 0 Å². The molecule has 1 atom stereocenters. The molecule has 136 valence electrons. The summed E-state index contributed by atoms with van der Waals surface area (Å²) >= 11 is 6.48. The van der Waals surface area contributed by atoms with Crippen molar-refractivity contribution in [3.8, 4) is 0 Å². The van der Waals surface area contributed by atoms with Crippen molar-refractivity contribution in [3.05, 3.63) is 105 Å². The molecule has 0 amide bonds. The zero-order chi connectivity index (χ0) is 18.9. The van der Waals surface area contributed by atoms with Gasteiger partial charge in [-0.05, 0) is 51.9 Å². The van der Waals surface area contributed by atoms with E-state index in [2.05, 4.69) is 24.3 Å². The Balaban J connectivity index is 1.89. The lowest BCUT2D eigenvalue weighted by Crippen LogP contribution is -2.29. The fraction of sp³-hybridized carbons (Fsp3) is 0.182. The second-order valence-corrected chi connectivity index (χ2v) is 9.39. The zero-order valence-electron chi connectivity index (χ0n) is 14.6. The number of benzene rings is 3. The molecule has 3 nitrogen and oxygen atoms in total. The standard InChI is InChI=1S/C22H17ClO3S/c1-12(27(24,25)26)19-18(23)11-10-17-20-13-6-2-4-8-15(13)21(22(17)19)16-9-5-3-7-14(16)20/h2-12,20-21H,1H3,(H,24,25,26). The van der Waals surface area contributed by atoms with E-state index in [4.69, 9.17) is 11.6 Å². The van der Waals surface area contributed by atoms with Gasteiger partial charge >= 0.3 is 0 Å². The Kier molecular flexibility index (Phi) is 3.57. The van der Waals surface area contributed by atoms with Crippen molar-refractivity contribution in [2.24, 2.45) is 0 Å². The minimum absolute atomic E-state index is 0.0435. The molecule has 3 aromatic rings. The van der Waals surface area contributed by atoms with Gasteiger partial charge in [0.15, 0.2) is 0 Å². The molecule has 3 aliphatic rings. The molecule has 0 aliphatic heterocycles. The Hall–Kier alpha value is -2.14. The van der Waals surface area contributed by atoms with Crippen LogP contribution in [0.1, 0.15) is 63.0 Å². The minimum atomic E-state index is -4.27. The van der Waals surface area contributed by atoms with Gasteiger partial charge in [-0.3, -0.25) is 4.55 Å². The molecule has 1 unspecified atom stereocenters. The third kappa shape index (κ3) is 2.27. The molecule has 2 bridgehead atoms. The molecule has 6 rings (SSSR count). The van der Waals surface area contributed by atoms with Crippen LogP contribution in [0.25, 0.3) is 0 Å². The van der Waals surface area contributed by atoms with Gasteiger partial charge in [0.25, 0.3) is 10.1 Å². The Labute approximate surface area is 163 Å². The highest BCUT2D eigenvalue weighted by atomic mass is 35.5. The average Bonchev–Trinajstić information content (AvgIpc) is 2.66. The Morgan fingerprint density at radius 3 is 1.78 bits per heavy atom. The molecular formula is C22H17ClO3S. The van der Waals surface area contributed by atoms with E-state index in [0.29, 0.717) is 10.6 Å². The summed E-state index contributed by atoms with van der Waals surface area (Å²) in [6.45, 7) is 1.50. The average molecular weight is 397 g/mol. The highest BCUT2D eigenvalue weighted by Crippen LogP contribution is 2.58. The third-order valence-corrected chi connectivity index (χ3v) is 7.42. The maximum atomic E-state index is 12.0. The highest BCUT2D eigenvalue weighted by molar-refractivity contribution is 7.86. The molecule has 0 saturated carbocycles. The van der Waals surface area contributed by atoms with Crippen molar-refractivity contribution < 1.29 is 13.0 Å². The van der Waals surface area contributed by atoms with Crippen molar-refractivity contribution >= 4 is 21.7 Å². The van der Waals surface area contributed by atoms with Crippen LogP contribution in [-0.4, -0.2) is 13.0 Å². The van der Waals surface area contributed by atoms with Crippen LogP contribution in [0.4, 0.5) is 0 Å². The first kappa shape index (κ1) is 17.0. The molecule has 0 saturated heterocycles. The Morgan fingerprint density at radius 2 is 1.30 bits per heavy atom. The van der Waals surface area contributed by atoms with E-state index in [1.165, 1.54) is 29.2 Å². The second kappa shape index (κ2) is 5.68. The van der Waals surface area contributed by atoms with Crippen molar-refractivity contribution in [3.63, 3.8) is 0 Å². The van der Waals surface area contributed by atoms with Gasteiger partial charge in [-0.1, -0.05) is 66.2 Å². The van der Waals surface area contributed by atoms with Gasteiger partial charge in [0, 0.05) is 16.9 Å². The summed E-state index contributed by atoms with van der Waals surface area (Å²) in [4.78, 5) is 0. The van der Waals surface area contributed by atoms with E-state index < -0.39 is 15.4 Å². The molecule has 27 heavy (non-hydrogen) atoms. The van der Waals surface area contributed by atoms with Crippen LogP contribution < -0.4 is 0 Å². The van der Waals surface area contributed by atoms with Gasteiger partial charge in [0.2, 0.25) is 0 Å². The zero-order valence-corrected chi connectivity index (χ0v) is 16.1. The predicted octanol–water partition coefficient (Wildman–Crippen LogP) is 5.28. The summed E-state index contributed by atoms with van der Waals surface area (Å²) in [5.41, 5.74) is 7.38. The SMILES string of the molecule is CC(c1c(Cl)ccc2c1C1c3ccccc3C2c2ccccc21)S(=O)(=O)O. The van der Waals surface area contributed by atoms with Gasteiger partial charge in [0.05, 0.1) is 0 Å².